The van der Waals surface area contributed by atoms with Crippen molar-refractivity contribution in [1.82, 2.24) is 9.97 Å². The van der Waals surface area contributed by atoms with Crippen molar-refractivity contribution in [1.29, 1.82) is 0 Å². The van der Waals surface area contributed by atoms with Gasteiger partial charge in [0, 0.05) is 6.42 Å². The molecule has 98 valence electrons. The maximum absolute atomic E-state index is 13.3. The molecular formula is C13H12FN3O2. The summed E-state index contributed by atoms with van der Waals surface area (Å²) in [5, 5.41) is 2.60. The van der Waals surface area contributed by atoms with Crippen LogP contribution in [0.4, 0.5) is 10.1 Å². The number of anilines is 1. The monoisotopic (exact) mass is 261 g/mol. The molecule has 0 spiro atoms. The SMILES string of the molecule is CCC(=O)Nc1cnc(Oc2ccccc2F)nc1. The van der Waals surface area contributed by atoms with Crippen molar-refractivity contribution in [2.45, 2.75) is 13.3 Å². The molecule has 1 aromatic heterocycles. The highest BCUT2D eigenvalue weighted by Gasteiger charge is 2.06. The zero-order valence-electron chi connectivity index (χ0n) is 10.3. The average molecular weight is 261 g/mol. The molecule has 1 N–H and O–H groups in total. The second-order valence-electron chi connectivity index (χ2n) is 3.69. The van der Waals surface area contributed by atoms with Crippen LogP contribution in [0.25, 0.3) is 0 Å². The van der Waals surface area contributed by atoms with Gasteiger partial charge in [0.25, 0.3) is 0 Å². The number of amides is 1. The van der Waals surface area contributed by atoms with Crippen LogP contribution in [0.3, 0.4) is 0 Å². The highest BCUT2D eigenvalue weighted by Crippen LogP contribution is 2.21. The number of aromatic nitrogens is 2. The lowest BCUT2D eigenvalue weighted by Crippen LogP contribution is -2.10. The Kier molecular flexibility index (Phi) is 4.02. The van der Waals surface area contributed by atoms with E-state index in [1.807, 2.05) is 0 Å². The lowest BCUT2D eigenvalue weighted by molar-refractivity contribution is -0.115. The van der Waals surface area contributed by atoms with E-state index >= 15 is 0 Å². The number of hydrogen-bond acceptors (Lipinski definition) is 4. The molecule has 0 unspecified atom stereocenters. The molecule has 0 atom stereocenters. The van der Waals surface area contributed by atoms with Crippen molar-refractivity contribution in [3.05, 3.63) is 42.5 Å². The summed E-state index contributed by atoms with van der Waals surface area (Å²) in [6.45, 7) is 1.74. The topological polar surface area (TPSA) is 64.1 Å². The van der Waals surface area contributed by atoms with Crippen molar-refractivity contribution in [2.75, 3.05) is 5.32 Å². The van der Waals surface area contributed by atoms with E-state index in [1.165, 1.54) is 24.5 Å². The number of benzene rings is 1. The number of halogens is 1. The van der Waals surface area contributed by atoms with E-state index in [0.717, 1.165) is 0 Å². The fraction of sp³-hybridized carbons (Fsp3) is 0.154. The normalized spacial score (nSPS) is 10.0. The van der Waals surface area contributed by atoms with Gasteiger partial charge in [-0.1, -0.05) is 19.1 Å². The molecule has 5 nitrogen and oxygen atoms in total. The Labute approximate surface area is 109 Å². The summed E-state index contributed by atoms with van der Waals surface area (Å²) in [5.74, 6) is -0.575. The molecule has 6 heteroatoms. The van der Waals surface area contributed by atoms with Crippen LogP contribution in [0, 0.1) is 5.82 Å². The Hall–Kier alpha value is -2.50. The first kappa shape index (κ1) is 12.9. The Bertz CT molecular complexity index is 572. The van der Waals surface area contributed by atoms with E-state index in [-0.39, 0.29) is 17.7 Å². The first-order chi connectivity index (χ1) is 9.19. The number of rotatable bonds is 4. The first-order valence-corrected chi connectivity index (χ1v) is 5.73. The zero-order chi connectivity index (χ0) is 13.7. The van der Waals surface area contributed by atoms with Gasteiger partial charge in [0.1, 0.15) is 0 Å². The maximum Gasteiger partial charge on any atom is 0.322 e. The molecule has 0 aliphatic carbocycles. The second-order valence-corrected chi connectivity index (χ2v) is 3.69. The van der Waals surface area contributed by atoms with E-state index in [1.54, 1.807) is 19.1 Å². The second kappa shape index (κ2) is 5.90. The molecule has 19 heavy (non-hydrogen) atoms. The number of nitrogens with one attached hydrogen (secondary N) is 1. The number of carbonyl (C=O) groups excluding carboxylic acids is 1. The summed E-state index contributed by atoms with van der Waals surface area (Å²) in [5.41, 5.74) is 0.465. The highest BCUT2D eigenvalue weighted by atomic mass is 19.1. The van der Waals surface area contributed by atoms with E-state index in [0.29, 0.717) is 12.1 Å². The first-order valence-electron chi connectivity index (χ1n) is 5.73. The smallest absolute Gasteiger partial charge is 0.322 e. The lowest BCUT2D eigenvalue weighted by atomic mass is 10.3. The van der Waals surface area contributed by atoms with Gasteiger partial charge < -0.3 is 10.1 Å². The average Bonchev–Trinajstić information content (AvgIpc) is 2.43. The van der Waals surface area contributed by atoms with Gasteiger partial charge in [0.05, 0.1) is 18.1 Å². The lowest BCUT2D eigenvalue weighted by Gasteiger charge is -2.06. The fourth-order valence-electron chi connectivity index (χ4n) is 1.31. The summed E-state index contributed by atoms with van der Waals surface area (Å²) in [4.78, 5) is 18.9. The third kappa shape index (κ3) is 3.48. The third-order valence-corrected chi connectivity index (χ3v) is 2.27. The van der Waals surface area contributed by atoms with E-state index < -0.39 is 5.82 Å². The molecule has 1 aromatic carbocycles. The molecule has 0 saturated heterocycles. The van der Waals surface area contributed by atoms with E-state index in [2.05, 4.69) is 15.3 Å². The molecule has 2 rings (SSSR count). The molecule has 0 bridgehead atoms. The van der Waals surface area contributed by atoms with Gasteiger partial charge in [-0.2, -0.15) is 0 Å². The summed E-state index contributed by atoms with van der Waals surface area (Å²) in [6.07, 6.45) is 3.17. The zero-order valence-corrected chi connectivity index (χ0v) is 10.3. The molecule has 0 aliphatic heterocycles. The predicted octanol–water partition coefficient (Wildman–Crippen LogP) is 2.76. The van der Waals surface area contributed by atoms with Crippen LogP contribution in [0.5, 0.6) is 11.8 Å². The highest BCUT2D eigenvalue weighted by molar-refractivity contribution is 5.90. The molecule has 0 saturated carbocycles. The van der Waals surface area contributed by atoms with Crippen molar-refractivity contribution in [2.24, 2.45) is 0 Å². The van der Waals surface area contributed by atoms with Crippen LogP contribution in [0.15, 0.2) is 36.7 Å². The number of carbonyl (C=O) groups is 1. The number of para-hydroxylation sites is 1. The molecule has 0 radical (unpaired) electrons. The fourth-order valence-corrected chi connectivity index (χ4v) is 1.31. The van der Waals surface area contributed by atoms with Crippen LogP contribution in [-0.2, 0) is 4.79 Å². The largest absolute Gasteiger partial charge is 0.421 e. The standard InChI is InChI=1S/C13H12FN3O2/c1-2-12(18)17-9-7-15-13(16-8-9)19-11-6-4-3-5-10(11)14/h3-8H,2H2,1H3,(H,17,18). The van der Waals surface area contributed by atoms with Gasteiger partial charge in [-0.15, -0.1) is 0 Å². The van der Waals surface area contributed by atoms with E-state index in [9.17, 15) is 9.18 Å². The predicted molar refractivity (Wildman–Crippen MR) is 67.4 cm³/mol. The summed E-state index contributed by atoms with van der Waals surface area (Å²) in [7, 11) is 0. The third-order valence-electron chi connectivity index (χ3n) is 2.27. The van der Waals surface area contributed by atoms with Gasteiger partial charge in [-0.3, -0.25) is 4.79 Å². The van der Waals surface area contributed by atoms with Crippen molar-refractivity contribution in [3.63, 3.8) is 0 Å². The number of nitrogens with zero attached hydrogens (tertiary/aromatic N) is 2. The Morgan fingerprint density at radius 1 is 1.32 bits per heavy atom. The Balaban J connectivity index is 2.07. The summed E-state index contributed by atoms with van der Waals surface area (Å²) < 4.78 is 18.5. The van der Waals surface area contributed by atoms with Gasteiger partial charge in [-0.25, -0.2) is 14.4 Å². The van der Waals surface area contributed by atoms with Gasteiger partial charge in [0.2, 0.25) is 5.91 Å². The molecule has 1 heterocycles. The van der Waals surface area contributed by atoms with Crippen LogP contribution < -0.4 is 10.1 Å². The van der Waals surface area contributed by atoms with E-state index in [4.69, 9.17) is 4.74 Å². The minimum absolute atomic E-state index is 0.0135. The van der Waals surface area contributed by atoms with Gasteiger partial charge in [-0.05, 0) is 12.1 Å². The summed E-state index contributed by atoms with van der Waals surface area (Å²) >= 11 is 0. The molecule has 0 aliphatic rings. The Morgan fingerprint density at radius 3 is 2.63 bits per heavy atom. The molecule has 0 fully saturated rings. The quantitative estimate of drug-likeness (QED) is 0.919. The minimum atomic E-state index is -0.491. The number of ether oxygens (including phenoxy) is 1. The van der Waals surface area contributed by atoms with Crippen LogP contribution in [0.2, 0.25) is 0 Å². The van der Waals surface area contributed by atoms with Crippen molar-refractivity contribution >= 4 is 11.6 Å². The van der Waals surface area contributed by atoms with Gasteiger partial charge in [0.15, 0.2) is 11.6 Å². The molecule has 1 amide bonds. The minimum Gasteiger partial charge on any atom is -0.421 e. The maximum atomic E-state index is 13.3. The number of hydrogen-bond donors (Lipinski definition) is 1. The van der Waals surface area contributed by atoms with Crippen molar-refractivity contribution in [3.8, 4) is 11.8 Å². The molecule has 2 aromatic rings. The molecular weight excluding hydrogens is 249 g/mol. The van der Waals surface area contributed by atoms with Gasteiger partial charge >= 0.3 is 6.01 Å². The summed E-state index contributed by atoms with van der Waals surface area (Å²) in [6, 6.07) is 5.98. The van der Waals surface area contributed by atoms with Crippen LogP contribution >= 0.6 is 0 Å². The van der Waals surface area contributed by atoms with Crippen LogP contribution in [0.1, 0.15) is 13.3 Å². The van der Waals surface area contributed by atoms with Crippen molar-refractivity contribution < 1.29 is 13.9 Å². The van der Waals surface area contributed by atoms with Crippen LogP contribution in [-0.4, -0.2) is 15.9 Å². The Morgan fingerprint density at radius 2 is 2.00 bits per heavy atom.